The Hall–Kier alpha value is -2.04. The first-order chi connectivity index (χ1) is 10.4. The molecule has 0 radical (unpaired) electrons. The number of alkyl carbamates (subject to hydrolysis) is 1. The Kier molecular flexibility index (Phi) is 5.06. The highest BCUT2D eigenvalue weighted by molar-refractivity contribution is 5.68. The van der Waals surface area contributed by atoms with Gasteiger partial charge in [-0.2, -0.15) is 0 Å². The largest absolute Gasteiger partial charge is 0.444 e. The molecule has 22 heavy (non-hydrogen) atoms. The smallest absolute Gasteiger partial charge is 0.407 e. The highest BCUT2D eigenvalue weighted by atomic mass is 16.6. The molecule has 2 aliphatic rings. The molecular weight excluding hydrogens is 278 g/mol. The second-order valence-corrected chi connectivity index (χ2v) is 6.66. The topological polar surface area (TPSA) is 62.7 Å². The average molecular weight is 303 g/mol. The first-order valence-corrected chi connectivity index (χ1v) is 7.61. The molecule has 0 aromatic heterocycles. The van der Waals surface area contributed by atoms with Crippen molar-refractivity contribution < 1.29 is 9.53 Å². The van der Waals surface area contributed by atoms with E-state index in [0.717, 1.165) is 6.42 Å². The molecule has 1 aliphatic carbocycles. The number of ether oxygens (including phenoxy) is 1. The van der Waals surface area contributed by atoms with Crippen LogP contribution in [0.5, 0.6) is 0 Å². The zero-order valence-electron chi connectivity index (χ0n) is 13.5. The molecule has 0 saturated carbocycles. The van der Waals surface area contributed by atoms with E-state index in [1.165, 1.54) is 5.57 Å². The molecule has 0 saturated heterocycles. The van der Waals surface area contributed by atoms with Crippen LogP contribution in [0.1, 0.15) is 27.2 Å². The molecule has 0 aromatic carbocycles. The Morgan fingerprint density at radius 1 is 1.45 bits per heavy atom. The monoisotopic (exact) mass is 303 g/mol. The number of carbonyl (C=O) groups excluding carboxylic acids is 1. The Labute approximate surface area is 132 Å². The van der Waals surface area contributed by atoms with E-state index in [4.69, 9.17) is 4.74 Å². The van der Waals surface area contributed by atoms with Crippen LogP contribution in [0.2, 0.25) is 0 Å². The molecule has 0 aromatic rings. The fraction of sp³-hybridized carbons (Fsp3) is 0.529. The molecule has 0 fully saturated rings. The van der Waals surface area contributed by atoms with Gasteiger partial charge in [-0.25, -0.2) is 4.79 Å². The lowest BCUT2D eigenvalue weighted by molar-refractivity contribution is 0.0506. The summed E-state index contributed by atoms with van der Waals surface area (Å²) in [7, 11) is 0. The van der Waals surface area contributed by atoms with Crippen molar-refractivity contribution in [2.75, 3.05) is 6.54 Å². The Morgan fingerprint density at radius 3 is 2.86 bits per heavy atom. The van der Waals surface area contributed by atoms with E-state index < -0.39 is 11.7 Å². The van der Waals surface area contributed by atoms with Crippen molar-refractivity contribution >= 4 is 12.8 Å². The van der Waals surface area contributed by atoms with Crippen molar-refractivity contribution in [2.45, 2.75) is 44.9 Å². The molecule has 2 N–H and O–H groups in total. The zero-order valence-corrected chi connectivity index (χ0v) is 13.5. The lowest BCUT2D eigenvalue weighted by Gasteiger charge is -2.25. The van der Waals surface area contributed by atoms with Gasteiger partial charge in [0.1, 0.15) is 5.60 Å². The van der Waals surface area contributed by atoms with Crippen LogP contribution in [-0.4, -0.2) is 37.0 Å². The van der Waals surface area contributed by atoms with Gasteiger partial charge in [-0.15, -0.1) is 0 Å². The predicted octanol–water partition coefficient (Wildman–Crippen LogP) is 2.57. The summed E-state index contributed by atoms with van der Waals surface area (Å²) in [5.41, 5.74) is 0.752. The van der Waals surface area contributed by atoms with Gasteiger partial charge in [0.25, 0.3) is 0 Å². The summed E-state index contributed by atoms with van der Waals surface area (Å²) in [5.74, 6) is 0.345. The summed E-state index contributed by atoms with van der Waals surface area (Å²) >= 11 is 0. The zero-order chi connectivity index (χ0) is 16.2. The Balaban J connectivity index is 1.94. The number of nitrogens with one attached hydrogen (secondary N) is 2. The molecule has 1 heterocycles. The van der Waals surface area contributed by atoms with Crippen molar-refractivity contribution in [2.24, 2.45) is 10.9 Å². The summed E-state index contributed by atoms with van der Waals surface area (Å²) < 4.78 is 5.31. The average Bonchev–Trinajstić information content (AvgIpc) is 2.80. The second kappa shape index (κ2) is 6.81. The molecule has 0 bridgehead atoms. The number of carbonyl (C=O) groups is 1. The molecule has 0 spiro atoms. The SMILES string of the molecule is C=NCC(CC1=CNC2C=CC=CC12)NC(=O)OC(C)(C)C. The van der Waals surface area contributed by atoms with Gasteiger partial charge in [0.2, 0.25) is 0 Å². The molecule has 1 amide bonds. The maximum Gasteiger partial charge on any atom is 0.407 e. The molecule has 120 valence electrons. The highest BCUT2D eigenvalue weighted by Gasteiger charge is 2.29. The third kappa shape index (κ3) is 4.48. The van der Waals surface area contributed by atoms with Crippen molar-refractivity contribution in [3.05, 3.63) is 36.1 Å². The third-order valence-corrected chi connectivity index (χ3v) is 3.58. The number of nitrogens with zero attached hydrogens (tertiary/aromatic N) is 1. The van der Waals surface area contributed by atoms with Gasteiger partial charge < -0.3 is 15.4 Å². The number of hydrogen-bond acceptors (Lipinski definition) is 4. The summed E-state index contributed by atoms with van der Waals surface area (Å²) in [6.45, 7) is 9.55. The van der Waals surface area contributed by atoms with Gasteiger partial charge in [-0.3, -0.25) is 4.99 Å². The van der Waals surface area contributed by atoms with Crippen LogP contribution in [0, 0.1) is 5.92 Å². The maximum atomic E-state index is 11.9. The van der Waals surface area contributed by atoms with Crippen LogP contribution in [0.4, 0.5) is 4.79 Å². The number of hydrogen-bond donors (Lipinski definition) is 2. The molecule has 3 unspecified atom stereocenters. The van der Waals surface area contributed by atoms with E-state index in [2.05, 4.69) is 40.6 Å². The first-order valence-electron chi connectivity index (χ1n) is 7.61. The van der Waals surface area contributed by atoms with Crippen LogP contribution in [0.25, 0.3) is 0 Å². The van der Waals surface area contributed by atoms with Gasteiger partial charge in [-0.05, 0) is 45.7 Å². The lowest BCUT2D eigenvalue weighted by atomic mass is 9.88. The summed E-state index contributed by atoms with van der Waals surface area (Å²) in [5, 5.41) is 6.25. The van der Waals surface area contributed by atoms with Crippen LogP contribution >= 0.6 is 0 Å². The van der Waals surface area contributed by atoms with Crippen molar-refractivity contribution in [1.29, 1.82) is 0 Å². The second-order valence-electron chi connectivity index (χ2n) is 6.66. The van der Waals surface area contributed by atoms with Gasteiger partial charge in [0, 0.05) is 5.92 Å². The van der Waals surface area contributed by atoms with Gasteiger partial charge >= 0.3 is 6.09 Å². The number of rotatable bonds is 5. The standard InChI is InChI=1S/C17H25N3O2/c1-17(2,3)22-16(21)20-13(11-18-4)9-12-10-19-15-8-6-5-7-14(12)15/h5-8,10,13-15,19H,4,9,11H2,1-3H3,(H,20,21). The minimum atomic E-state index is -0.508. The summed E-state index contributed by atoms with van der Waals surface area (Å²) in [6.07, 6.45) is 10.8. The fourth-order valence-electron chi connectivity index (χ4n) is 2.69. The van der Waals surface area contributed by atoms with E-state index in [1.807, 2.05) is 33.0 Å². The number of amides is 1. The lowest BCUT2D eigenvalue weighted by Crippen LogP contribution is -2.41. The first kappa shape index (κ1) is 16.3. The van der Waals surface area contributed by atoms with Crippen molar-refractivity contribution in [3.8, 4) is 0 Å². The minimum Gasteiger partial charge on any atom is -0.444 e. The quantitative estimate of drug-likeness (QED) is 0.767. The van der Waals surface area contributed by atoms with Crippen molar-refractivity contribution in [1.82, 2.24) is 10.6 Å². The van der Waals surface area contributed by atoms with Gasteiger partial charge in [-0.1, -0.05) is 24.3 Å². The van der Waals surface area contributed by atoms with Crippen LogP contribution in [0.3, 0.4) is 0 Å². The van der Waals surface area contributed by atoms with Gasteiger partial charge in [0.05, 0.1) is 18.6 Å². The van der Waals surface area contributed by atoms with E-state index in [9.17, 15) is 4.79 Å². The van der Waals surface area contributed by atoms with Gasteiger partial charge in [0.15, 0.2) is 0 Å². The molecular formula is C17H25N3O2. The van der Waals surface area contributed by atoms with Crippen LogP contribution in [0.15, 0.2) is 41.1 Å². The molecule has 2 rings (SSSR count). The van der Waals surface area contributed by atoms with Crippen molar-refractivity contribution in [3.63, 3.8) is 0 Å². The number of allylic oxidation sites excluding steroid dienone is 2. The number of aliphatic imine (C=N–C) groups is 1. The Morgan fingerprint density at radius 2 is 2.18 bits per heavy atom. The van der Waals surface area contributed by atoms with Crippen LogP contribution in [-0.2, 0) is 4.74 Å². The fourth-order valence-corrected chi connectivity index (χ4v) is 2.69. The normalized spacial score (nSPS) is 24.0. The van der Waals surface area contributed by atoms with E-state index in [1.54, 1.807) is 0 Å². The minimum absolute atomic E-state index is 0.113. The summed E-state index contributed by atoms with van der Waals surface area (Å²) in [6, 6.07) is 0.206. The van der Waals surface area contributed by atoms with E-state index in [0.29, 0.717) is 18.5 Å². The predicted molar refractivity (Wildman–Crippen MR) is 89.0 cm³/mol. The molecule has 1 aliphatic heterocycles. The van der Waals surface area contributed by atoms with E-state index >= 15 is 0 Å². The third-order valence-electron chi connectivity index (χ3n) is 3.58. The van der Waals surface area contributed by atoms with Crippen LogP contribution < -0.4 is 10.6 Å². The maximum absolute atomic E-state index is 11.9. The van der Waals surface area contributed by atoms with E-state index in [-0.39, 0.29) is 6.04 Å². The molecule has 5 heteroatoms. The molecule has 5 nitrogen and oxygen atoms in total. The number of fused-ring (bicyclic) bond motifs is 1. The summed E-state index contributed by atoms with van der Waals surface area (Å²) in [4.78, 5) is 15.9. The molecule has 3 atom stereocenters. The highest BCUT2D eigenvalue weighted by Crippen LogP contribution is 2.29. The Bertz CT molecular complexity index is 514.